The average Bonchev–Trinajstić information content (AvgIpc) is 2.64. The molecule has 3 heteroatoms. The van der Waals surface area contributed by atoms with Crippen LogP contribution in [0, 0.1) is 20.8 Å². The lowest BCUT2D eigenvalue weighted by Crippen LogP contribution is -2.04. The van der Waals surface area contributed by atoms with Gasteiger partial charge in [0.2, 0.25) is 0 Å². The number of benzene rings is 1. The molecule has 96 valence electrons. The van der Waals surface area contributed by atoms with Crippen LogP contribution in [0.3, 0.4) is 0 Å². The zero-order chi connectivity index (χ0) is 13.1. The van der Waals surface area contributed by atoms with E-state index in [9.17, 15) is 0 Å². The molecule has 0 bridgehead atoms. The van der Waals surface area contributed by atoms with Crippen molar-refractivity contribution in [3.8, 4) is 0 Å². The highest BCUT2D eigenvalue weighted by Crippen LogP contribution is 2.20. The van der Waals surface area contributed by atoms with Gasteiger partial charge in [-0.1, -0.05) is 24.3 Å². The van der Waals surface area contributed by atoms with Crippen molar-refractivity contribution in [2.75, 3.05) is 5.32 Å². The van der Waals surface area contributed by atoms with Crippen molar-refractivity contribution >= 4 is 5.69 Å². The summed E-state index contributed by atoms with van der Waals surface area (Å²) in [6.07, 6.45) is 0. The van der Waals surface area contributed by atoms with Crippen molar-refractivity contribution in [1.29, 1.82) is 0 Å². The molecular weight excluding hydrogens is 222 g/mol. The average molecular weight is 243 g/mol. The maximum atomic E-state index is 4.52. The van der Waals surface area contributed by atoms with Gasteiger partial charge in [-0.05, 0) is 38.8 Å². The Balaban J connectivity index is 2.16. The molecule has 0 atom stereocenters. The van der Waals surface area contributed by atoms with E-state index in [0.717, 1.165) is 18.8 Å². The first-order valence-electron chi connectivity index (χ1n) is 6.46. The maximum absolute atomic E-state index is 4.52. The Morgan fingerprint density at radius 3 is 2.50 bits per heavy atom. The number of hydrogen-bond acceptors (Lipinski definition) is 2. The predicted molar refractivity (Wildman–Crippen MR) is 75.9 cm³/mol. The predicted octanol–water partition coefficient (Wildman–Crippen LogP) is 3.44. The van der Waals surface area contributed by atoms with Crippen LogP contribution in [0.4, 0.5) is 5.69 Å². The zero-order valence-corrected chi connectivity index (χ0v) is 11.6. The molecule has 0 unspecified atom stereocenters. The van der Waals surface area contributed by atoms with Gasteiger partial charge in [0.15, 0.2) is 0 Å². The van der Waals surface area contributed by atoms with Gasteiger partial charge in [-0.3, -0.25) is 4.68 Å². The van der Waals surface area contributed by atoms with E-state index in [1.807, 2.05) is 4.68 Å². The van der Waals surface area contributed by atoms with Crippen molar-refractivity contribution in [3.63, 3.8) is 0 Å². The fourth-order valence-electron chi connectivity index (χ4n) is 2.25. The van der Waals surface area contributed by atoms with Gasteiger partial charge in [-0.15, -0.1) is 0 Å². The van der Waals surface area contributed by atoms with Gasteiger partial charge in [0.1, 0.15) is 0 Å². The fraction of sp³-hybridized carbons (Fsp3) is 0.400. The van der Waals surface area contributed by atoms with E-state index in [4.69, 9.17) is 0 Å². The molecule has 18 heavy (non-hydrogen) atoms. The number of rotatable bonds is 4. The van der Waals surface area contributed by atoms with Gasteiger partial charge in [-0.2, -0.15) is 5.10 Å². The van der Waals surface area contributed by atoms with Crippen LogP contribution in [0.2, 0.25) is 0 Å². The SMILES string of the molecule is CCn1nc(C)c(NCc2ccccc2C)c1C. The molecule has 0 fully saturated rings. The molecule has 0 aliphatic carbocycles. The topological polar surface area (TPSA) is 29.9 Å². The van der Waals surface area contributed by atoms with Gasteiger partial charge in [0, 0.05) is 13.1 Å². The smallest absolute Gasteiger partial charge is 0.0828 e. The molecule has 0 aliphatic heterocycles. The van der Waals surface area contributed by atoms with Crippen LogP contribution in [0.25, 0.3) is 0 Å². The number of aromatic nitrogens is 2. The summed E-state index contributed by atoms with van der Waals surface area (Å²) in [7, 11) is 0. The van der Waals surface area contributed by atoms with Gasteiger partial charge < -0.3 is 5.32 Å². The molecule has 0 saturated carbocycles. The minimum Gasteiger partial charge on any atom is -0.378 e. The molecule has 0 aliphatic rings. The van der Waals surface area contributed by atoms with Gasteiger partial charge >= 0.3 is 0 Å². The molecule has 0 saturated heterocycles. The van der Waals surface area contributed by atoms with Crippen molar-refractivity contribution in [2.45, 2.75) is 40.8 Å². The standard InChI is InChI=1S/C15H21N3/c1-5-18-13(4)15(12(3)17-18)16-10-14-9-7-6-8-11(14)2/h6-9,16H,5,10H2,1-4H3. The van der Waals surface area contributed by atoms with Crippen LogP contribution in [0.1, 0.15) is 29.4 Å². The molecular formula is C15H21N3. The van der Waals surface area contributed by atoms with Crippen LogP contribution >= 0.6 is 0 Å². The molecule has 1 aromatic carbocycles. The van der Waals surface area contributed by atoms with Gasteiger partial charge in [0.25, 0.3) is 0 Å². The van der Waals surface area contributed by atoms with Crippen LogP contribution in [0.5, 0.6) is 0 Å². The number of anilines is 1. The molecule has 2 aromatic rings. The van der Waals surface area contributed by atoms with E-state index in [1.54, 1.807) is 0 Å². The molecule has 1 heterocycles. The van der Waals surface area contributed by atoms with Crippen molar-refractivity contribution < 1.29 is 0 Å². The normalized spacial score (nSPS) is 10.7. The largest absolute Gasteiger partial charge is 0.378 e. The Hall–Kier alpha value is -1.77. The second-order valence-corrected chi connectivity index (χ2v) is 4.64. The summed E-state index contributed by atoms with van der Waals surface area (Å²) in [5.74, 6) is 0. The summed E-state index contributed by atoms with van der Waals surface area (Å²) < 4.78 is 2.04. The minimum absolute atomic E-state index is 0.851. The molecule has 3 nitrogen and oxygen atoms in total. The van der Waals surface area contributed by atoms with Crippen LogP contribution in [-0.2, 0) is 13.1 Å². The Bertz CT molecular complexity index is 541. The summed E-state index contributed by atoms with van der Waals surface area (Å²) in [6.45, 7) is 10.2. The third-order valence-electron chi connectivity index (χ3n) is 3.40. The zero-order valence-electron chi connectivity index (χ0n) is 11.6. The second kappa shape index (κ2) is 5.25. The van der Waals surface area contributed by atoms with E-state index in [0.29, 0.717) is 0 Å². The summed E-state index contributed by atoms with van der Waals surface area (Å²) in [6, 6.07) is 8.47. The van der Waals surface area contributed by atoms with Crippen molar-refractivity contribution in [2.24, 2.45) is 0 Å². The second-order valence-electron chi connectivity index (χ2n) is 4.64. The molecule has 1 aromatic heterocycles. The Morgan fingerprint density at radius 1 is 1.17 bits per heavy atom. The molecule has 0 amide bonds. The van der Waals surface area contributed by atoms with Crippen LogP contribution in [0.15, 0.2) is 24.3 Å². The van der Waals surface area contributed by atoms with Crippen LogP contribution in [-0.4, -0.2) is 9.78 Å². The number of aryl methyl sites for hydroxylation is 3. The summed E-state index contributed by atoms with van der Waals surface area (Å²) in [5.41, 5.74) is 6.11. The lowest BCUT2D eigenvalue weighted by Gasteiger charge is -2.09. The molecule has 2 rings (SSSR count). The van der Waals surface area contributed by atoms with Gasteiger partial charge in [-0.25, -0.2) is 0 Å². The third-order valence-corrected chi connectivity index (χ3v) is 3.40. The highest BCUT2D eigenvalue weighted by molar-refractivity contribution is 5.52. The van der Waals surface area contributed by atoms with E-state index in [2.05, 4.69) is 62.4 Å². The lowest BCUT2D eigenvalue weighted by molar-refractivity contribution is 0.634. The highest BCUT2D eigenvalue weighted by atomic mass is 15.3. The van der Waals surface area contributed by atoms with E-state index in [1.165, 1.54) is 22.5 Å². The first-order chi connectivity index (χ1) is 8.63. The number of hydrogen-bond donors (Lipinski definition) is 1. The molecule has 1 N–H and O–H groups in total. The Morgan fingerprint density at radius 2 is 1.89 bits per heavy atom. The summed E-state index contributed by atoms with van der Waals surface area (Å²) in [4.78, 5) is 0. The third kappa shape index (κ3) is 2.40. The molecule has 0 spiro atoms. The Kier molecular flexibility index (Phi) is 3.70. The van der Waals surface area contributed by atoms with E-state index < -0.39 is 0 Å². The quantitative estimate of drug-likeness (QED) is 0.891. The van der Waals surface area contributed by atoms with Crippen LogP contribution < -0.4 is 5.32 Å². The van der Waals surface area contributed by atoms with E-state index >= 15 is 0 Å². The number of nitrogens with zero attached hydrogens (tertiary/aromatic N) is 2. The fourth-order valence-corrected chi connectivity index (χ4v) is 2.25. The maximum Gasteiger partial charge on any atom is 0.0828 e. The van der Waals surface area contributed by atoms with E-state index in [-0.39, 0.29) is 0 Å². The first kappa shape index (κ1) is 12.7. The monoisotopic (exact) mass is 243 g/mol. The summed E-state index contributed by atoms with van der Waals surface area (Å²) >= 11 is 0. The van der Waals surface area contributed by atoms with Gasteiger partial charge in [0.05, 0.1) is 17.1 Å². The molecule has 0 radical (unpaired) electrons. The van der Waals surface area contributed by atoms with Crippen molar-refractivity contribution in [3.05, 3.63) is 46.8 Å². The number of nitrogens with one attached hydrogen (secondary N) is 1. The Labute approximate surface area is 109 Å². The lowest BCUT2D eigenvalue weighted by atomic mass is 10.1. The minimum atomic E-state index is 0.851. The highest BCUT2D eigenvalue weighted by Gasteiger charge is 2.10. The summed E-state index contributed by atoms with van der Waals surface area (Å²) in [5, 5.41) is 8.03. The van der Waals surface area contributed by atoms with Crippen molar-refractivity contribution in [1.82, 2.24) is 9.78 Å². The first-order valence-corrected chi connectivity index (χ1v) is 6.46.